The van der Waals surface area contributed by atoms with E-state index in [0.717, 1.165) is 6.26 Å². The number of carbonyl (C=O) groups excluding carboxylic acids is 1. The van der Waals surface area contributed by atoms with Crippen LogP contribution >= 0.6 is 0 Å². The van der Waals surface area contributed by atoms with Gasteiger partial charge in [0, 0.05) is 38.4 Å². The minimum atomic E-state index is -3.31. The highest BCUT2D eigenvalue weighted by Gasteiger charge is 2.28. The van der Waals surface area contributed by atoms with Crippen molar-refractivity contribution in [3.63, 3.8) is 0 Å². The van der Waals surface area contributed by atoms with Crippen molar-refractivity contribution in [1.29, 1.82) is 0 Å². The van der Waals surface area contributed by atoms with Crippen LogP contribution in [0.3, 0.4) is 0 Å². The van der Waals surface area contributed by atoms with E-state index in [2.05, 4.69) is 20.1 Å². The fourth-order valence-electron chi connectivity index (χ4n) is 4.19. The van der Waals surface area contributed by atoms with E-state index in [0.29, 0.717) is 48.5 Å². The Balaban J connectivity index is 1.29. The summed E-state index contributed by atoms with van der Waals surface area (Å²) >= 11 is 0. The van der Waals surface area contributed by atoms with Gasteiger partial charge in [0.15, 0.2) is 21.2 Å². The lowest BCUT2D eigenvalue weighted by molar-refractivity contribution is 0.0574. The van der Waals surface area contributed by atoms with Crippen molar-refractivity contribution in [3.8, 4) is 11.6 Å². The summed E-state index contributed by atoms with van der Waals surface area (Å²) in [7, 11) is -3.31. The lowest BCUT2D eigenvalue weighted by Gasteiger charge is -2.32. The number of carbonyl (C=O) groups is 2. The van der Waals surface area contributed by atoms with Crippen LogP contribution in [0.2, 0.25) is 0 Å². The summed E-state index contributed by atoms with van der Waals surface area (Å²) in [5.74, 6) is -1.27. The molecule has 0 atom stereocenters. The molecule has 12 nitrogen and oxygen atoms in total. The van der Waals surface area contributed by atoms with Crippen LogP contribution in [0.25, 0.3) is 16.7 Å². The number of hydrogen-bond acceptors (Lipinski definition) is 9. The molecular weight excluding hydrogens is 500 g/mol. The molecule has 1 amide bonds. The topological polar surface area (TPSA) is 157 Å². The zero-order valence-corrected chi connectivity index (χ0v) is 20.5. The summed E-state index contributed by atoms with van der Waals surface area (Å²) in [5.41, 5.74) is 0.929. The van der Waals surface area contributed by atoms with Crippen LogP contribution < -0.4 is 4.74 Å². The van der Waals surface area contributed by atoms with E-state index in [-0.39, 0.29) is 28.2 Å². The summed E-state index contributed by atoms with van der Waals surface area (Å²) < 4.78 is 31.2. The second kappa shape index (κ2) is 9.58. The van der Waals surface area contributed by atoms with E-state index in [9.17, 15) is 23.1 Å². The zero-order valence-electron chi connectivity index (χ0n) is 19.7. The van der Waals surface area contributed by atoms with Crippen molar-refractivity contribution in [2.24, 2.45) is 0 Å². The van der Waals surface area contributed by atoms with E-state index in [1.807, 2.05) is 0 Å². The third-order valence-corrected chi connectivity index (χ3v) is 7.22. The Labute approximate surface area is 211 Å². The normalized spacial score (nSPS) is 14.6. The Kier molecular flexibility index (Phi) is 6.29. The number of hydrogen-bond donors (Lipinski definition) is 1. The van der Waals surface area contributed by atoms with Gasteiger partial charge in [0.2, 0.25) is 5.88 Å². The Morgan fingerprint density at radius 3 is 2.46 bits per heavy atom. The Bertz CT molecular complexity index is 1590. The maximum Gasteiger partial charge on any atom is 0.355 e. The zero-order chi connectivity index (χ0) is 26.2. The molecule has 190 valence electrons. The first-order valence-electron chi connectivity index (χ1n) is 11.4. The van der Waals surface area contributed by atoms with Gasteiger partial charge in [0.1, 0.15) is 17.8 Å². The number of aromatic nitrogens is 5. The summed E-state index contributed by atoms with van der Waals surface area (Å²) in [6.07, 6.45) is 6.29. The van der Waals surface area contributed by atoms with Crippen molar-refractivity contribution >= 4 is 32.7 Å². The van der Waals surface area contributed by atoms with Crippen LogP contribution in [0.5, 0.6) is 5.88 Å². The van der Waals surface area contributed by atoms with Crippen molar-refractivity contribution < 1.29 is 27.9 Å². The summed E-state index contributed by atoms with van der Waals surface area (Å²) in [6, 6.07) is 9.32. The number of piperidine rings is 1. The number of sulfone groups is 1. The molecule has 1 aromatic carbocycles. The van der Waals surface area contributed by atoms with Crippen molar-refractivity contribution in [3.05, 3.63) is 66.4 Å². The smallest absolute Gasteiger partial charge is 0.355 e. The highest BCUT2D eigenvalue weighted by molar-refractivity contribution is 7.90. The molecule has 3 aromatic heterocycles. The third-order valence-electron chi connectivity index (χ3n) is 6.09. The van der Waals surface area contributed by atoms with Crippen LogP contribution in [0.4, 0.5) is 0 Å². The Hall–Kier alpha value is -4.39. The number of ether oxygens (including phenoxy) is 1. The highest BCUT2D eigenvalue weighted by Crippen LogP contribution is 2.27. The van der Waals surface area contributed by atoms with Gasteiger partial charge in [-0.15, -0.1) is 0 Å². The monoisotopic (exact) mass is 522 g/mol. The molecule has 0 saturated carbocycles. The molecule has 0 bridgehead atoms. The number of benzene rings is 1. The number of nitrogens with zero attached hydrogens (tertiary/aromatic N) is 6. The van der Waals surface area contributed by atoms with Gasteiger partial charge in [-0.3, -0.25) is 4.79 Å². The first kappa shape index (κ1) is 24.3. The molecular formula is C24H22N6O6S. The van der Waals surface area contributed by atoms with E-state index < -0.39 is 15.8 Å². The van der Waals surface area contributed by atoms with Gasteiger partial charge >= 0.3 is 5.97 Å². The molecule has 4 aromatic rings. The summed E-state index contributed by atoms with van der Waals surface area (Å²) in [4.78, 5) is 38.5. The van der Waals surface area contributed by atoms with Gasteiger partial charge in [0.25, 0.3) is 5.91 Å². The minimum Gasteiger partial charge on any atom is -0.476 e. The summed E-state index contributed by atoms with van der Waals surface area (Å²) in [6.45, 7) is 0.773. The molecule has 1 N–H and O–H groups in total. The van der Waals surface area contributed by atoms with Crippen molar-refractivity contribution in [2.75, 3.05) is 19.3 Å². The van der Waals surface area contributed by atoms with E-state index in [1.165, 1.54) is 36.8 Å². The lowest BCUT2D eigenvalue weighted by atomic mass is 10.1. The average Bonchev–Trinajstić information content (AvgIpc) is 3.33. The fourth-order valence-corrected chi connectivity index (χ4v) is 4.82. The SMILES string of the molecule is CS(=O)(=O)c1ccc(-n2ncc3c(OC4CCN(C(=O)c5cccnc5C(=O)O)CC4)ncnc32)cc1. The van der Waals surface area contributed by atoms with E-state index in [4.69, 9.17) is 4.74 Å². The van der Waals surface area contributed by atoms with Gasteiger partial charge < -0.3 is 14.7 Å². The van der Waals surface area contributed by atoms with Crippen molar-refractivity contribution in [2.45, 2.75) is 23.8 Å². The fraction of sp³-hybridized carbons (Fsp3) is 0.250. The average molecular weight is 523 g/mol. The molecule has 13 heteroatoms. The molecule has 37 heavy (non-hydrogen) atoms. The first-order chi connectivity index (χ1) is 17.7. The standard InChI is InChI=1S/C24H22N6O6S/c1-37(34,35)17-6-4-15(5-7-17)30-21-19(13-28-30)22(27-14-26-21)36-16-8-11-29(12-9-16)23(31)18-3-2-10-25-20(18)24(32)33/h2-7,10,13-14,16H,8-9,11-12H2,1H3,(H,32,33). The molecule has 1 fully saturated rings. The maximum atomic E-state index is 12.9. The van der Waals surface area contributed by atoms with E-state index >= 15 is 0 Å². The Morgan fingerprint density at radius 1 is 1.05 bits per heavy atom. The Morgan fingerprint density at radius 2 is 1.78 bits per heavy atom. The van der Waals surface area contributed by atoms with Crippen molar-refractivity contribution in [1.82, 2.24) is 29.6 Å². The number of pyridine rings is 1. The number of carboxylic acids is 1. The predicted molar refractivity (Wildman–Crippen MR) is 131 cm³/mol. The van der Waals surface area contributed by atoms with Crippen LogP contribution in [-0.2, 0) is 9.84 Å². The molecule has 1 aliphatic rings. The minimum absolute atomic E-state index is 0.0591. The number of fused-ring (bicyclic) bond motifs is 1. The van der Waals surface area contributed by atoms with Crippen LogP contribution in [0.1, 0.15) is 33.7 Å². The van der Waals surface area contributed by atoms with E-state index in [1.54, 1.807) is 27.9 Å². The van der Waals surface area contributed by atoms with Gasteiger partial charge in [-0.25, -0.2) is 32.8 Å². The van der Waals surface area contributed by atoms with Crippen LogP contribution in [0.15, 0.2) is 60.0 Å². The van der Waals surface area contributed by atoms with Gasteiger partial charge in [-0.05, 0) is 36.4 Å². The predicted octanol–water partition coefficient (Wildman–Crippen LogP) is 2.00. The number of likely N-dealkylation sites (tertiary alicyclic amines) is 1. The molecule has 5 rings (SSSR count). The first-order valence-corrected chi connectivity index (χ1v) is 13.2. The summed E-state index contributed by atoms with van der Waals surface area (Å²) in [5, 5.41) is 14.3. The van der Waals surface area contributed by atoms with Gasteiger partial charge in [-0.2, -0.15) is 5.10 Å². The lowest BCUT2D eigenvalue weighted by Crippen LogP contribution is -2.42. The molecule has 0 unspecified atom stereocenters. The second-order valence-electron chi connectivity index (χ2n) is 8.55. The largest absolute Gasteiger partial charge is 0.476 e. The second-order valence-corrected chi connectivity index (χ2v) is 10.6. The highest BCUT2D eigenvalue weighted by atomic mass is 32.2. The molecule has 1 aliphatic heterocycles. The number of aromatic carboxylic acids is 1. The van der Waals surface area contributed by atoms with Gasteiger partial charge in [-0.1, -0.05) is 0 Å². The number of carboxylic acid groups (broad SMARTS) is 1. The molecule has 0 aliphatic carbocycles. The number of amides is 1. The van der Waals surface area contributed by atoms with Crippen LogP contribution in [-0.4, -0.2) is 80.5 Å². The molecule has 0 spiro atoms. The molecule has 0 radical (unpaired) electrons. The van der Waals surface area contributed by atoms with Gasteiger partial charge in [0.05, 0.1) is 22.3 Å². The van der Waals surface area contributed by atoms with Crippen LogP contribution in [0, 0.1) is 0 Å². The quantitative estimate of drug-likeness (QED) is 0.397. The molecule has 1 saturated heterocycles. The molecule has 4 heterocycles. The third kappa shape index (κ3) is 4.85. The maximum absolute atomic E-state index is 12.9. The number of rotatable bonds is 6.